The van der Waals surface area contributed by atoms with E-state index in [1.807, 2.05) is 0 Å². The molecule has 8 nitrogen and oxygen atoms in total. The second kappa shape index (κ2) is 8.63. The van der Waals surface area contributed by atoms with Gasteiger partial charge in [0.05, 0.1) is 25.6 Å². The van der Waals surface area contributed by atoms with Crippen LogP contribution in [-0.4, -0.2) is 36.0 Å². The molecule has 0 spiro atoms. The predicted octanol–water partition coefficient (Wildman–Crippen LogP) is 3.00. The first-order valence-electron chi connectivity index (χ1n) is 8.33. The number of nitrogens with zero attached hydrogens (tertiary/aromatic N) is 2. The lowest BCUT2D eigenvalue weighted by Crippen LogP contribution is -2.18. The Bertz CT molecular complexity index is 898. The molecular formula is C20H18N4O4. The monoisotopic (exact) mass is 378 g/mol. The van der Waals surface area contributed by atoms with Gasteiger partial charge in [-0.25, -0.2) is 0 Å². The van der Waals surface area contributed by atoms with Gasteiger partial charge in [0.1, 0.15) is 11.4 Å². The van der Waals surface area contributed by atoms with Crippen LogP contribution in [0.25, 0.3) is 0 Å². The van der Waals surface area contributed by atoms with Crippen LogP contribution in [0, 0.1) is 0 Å². The molecule has 0 bridgehead atoms. The number of ether oxygens (including phenoxy) is 2. The summed E-state index contributed by atoms with van der Waals surface area (Å²) in [5, 5.41) is 5.48. The summed E-state index contributed by atoms with van der Waals surface area (Å²) in [7, 11) is 2.96. The molecule has 3 rings (SSSR count). The van der Waals surface area contributed by atoms with Gasteiger partial charge in [0.2, 0.25) is 0 Å². The van der Waals surface area contributed by atoms with Gasteiger partial charge in [-0.2, -0.15) is 0 Å². The van der Waals surface area contributed by atoms with E-state index in [1.54, 1.807) is 48.5 Å². The molecule has 3 aromatic rings. The third kappa shape index (κ3) is 4.24. The van der Waals surface area contributed by atoms with Crippen molar-refractivity contribution in [3.63, 3.8) is 0 Å². The van der Waals surface area contributed by atoms with E-state index in [4.69, 9.17) is 9.47 Å². The Morgan fingerprint density at radius 1 is 0.750 bits per heavy atom. The fourth-order valence-corrected chi connectivity index (χ4v) is 2.45. The minimum atomic E-state index is -0.429. The highest BCUT2D eigenvalue weighted by atomic mass is 16.5. The SMILES string of the molecule is COc1cc(NC(=O)c2ccccn2)c(NC(=O)c2ccccn2)cc1OC. The number of carbonyl (C=O) groups excluding carboxylic acids is 2. The second-order valence-corrected chi connectivity index (χ2v) is 5.59. The van der Waals surface area contributed by atoms with Crippen molar-refractivity contribution >= 4 is 23.2 Å². The van der Waals surface area contributed by atoms with Crippen LogP contribution in [0.4, 0.5) is 11.4 Å². The third-order valence-electron chi connectivity index (χ3n) is 3.82. The van der Waals surface area contributed by atoms with Gasteiger partial charge in [0.15, 0.2) is 11.5 Å². The van der Waals surface area contributed by atoms with Crippen molar-refractivity contribution in [3.8, 4) is 11.5 Å². The Hall–Kier alpha value is -3.94. The fraction of sp³-hybridized carbons (Fsp3) is 0.100. The Morgan fingerprint density at radius 2 is 1.18 bits per heavy atom. The first kappa shape index (κ1) is 18.8. The number of hydrogen-bond acceptors (Lipinski definition) is 6. The molecule has 142 valence electrons. The number of methoxy groups -OCH3 is 2. The van der Waals surface area contributed by atoms with Gasteiger partial charge in [-0.1, -0.05) is 12.1 Å². The van der Waals surface area contributed by atoms with Crippen molar-refractivity contribution < 1.29 is 19.1 Å². The van der Waals surface area contributed by atoms with Gasteiger partial charge in [-0.3, -0.25) is 19.6 Å². The van der Waals surface area contributed by atoms with E-state index in [2.05, 4.69) is 20.6 Å². The number of anilines is 2. The number of benzene rings is 1. The van der Waals surface area contributed by atoms with Gasteiger partial charge in [0, 0.05) is 24.5 Å². The van der Waals surface area contributed by atoms with Crippen LogP contribution in [0.2, 0.25) is 0 Å². The summed E-state index contributed by atoms with van der Waals surface area (Å²) in [6, 6.07) is 13.1. The molecule has 0 aliphatic rings. The second-order valence-electron chi connectivity index (χ2n) is 5.59. The lowest BCUT2D eigenvalue weighted by molar-refractivity contribution is 0.101. The highest BCUT2D eigenvalue weighted by Crippen LogP contribution is 2.36. The van der Waals surface area contributed by atoms with Gasteiger partial charge in [0.25, 0.3) is 11.8 Å². The van der Waals surface area contributed by atoms with E-state index < -0.39 is 11.8 Å². The molecular weight excluding hydrogens is 360 g/mol. The van der Waals surface area contributed by atoms with E-state index in [-0.39, 0.29) is 11.4 Å². The molecule has 2 heterocycles. The number of nitrogens with one attached hydrogen (secondary N) is 2. The van der Waals surface area contributed by atoms with Gasteiger partial charge in [-0.05, 0) is 24.3 Å². The molecule has 28 heavy (non-hydrogen) atoms. The van der Waals surface area contributed by atoms with Crippen molar-refractivity contribution in [2.75, 3.05) is 24.9 Å². The first-order chi connectivity index (χ1) is 13.6. The summed E-state index contributed by atoms with van der Waals surface area (Å²) in [5.41, 5.74) is 1.13. The summed E-state index contributed by atoms with van der Waals surface area (Å²) in [5.74, 6) is -0.0633. The van der Waals surface area contributed by atoms with Gasteiger partial charge < -0.3 is 20.1 Å². The Kier molecular flexibility index (Phi) is 5.81. The smallest absolute Gasteiger partial charge is 0.274 e. The summed E-state index contributed by atoms with van der Waals surface area (Å²) < 4.78 is 10.6. The van der Waals surface area contributed by atoms with E-state index in [9.17, 15) is 9.59 Å². The van der Waals surface area contributed by atoms with E-state index >= 15 is 0 Å². The highest BCUT2D eigenvalue weighted by molar-refractivity contribution is 6.09. The van der Waals surface area contributed by atoms with E-state index in [1.165, 1.54) is 26.6 Å². The van der Waals surface area contributed by atoms with Crippen LogP contribution in [0.15, 0.2) is 60.9 Å². The minimum absolute atomic E-state index is 0.235. The molecule has 0 fully saturated rings. The van der Waals surface area contributed by atoms with Crippen molar-refractivity contribution in [1.82, 2.24) is 9.97 Å². The molecule has 0 aliphatic carbocycles. The standard InChI is InChI=1S/C20H18N4O4/c1-27-17-11-15(23-19(25)13-7-3-5-9-21-13)16(12-18(17)28-2)24-20(26)14-8-4-6-10-22-14/h3-12H,1-2H3,(H,23,25)(H,24,26). The maximum absolute atomic E-state index is 12.5. The Balaban J connectivity index is 1.94. The quantitative estimate of drug-likeness (QED) is 0.684. The van der Waals surface area contributed by atoms with Crippen LogP contribution in [-0.2, 0) is 0 Å². The molecule has 2 N–H and O–H groups in total. The molecule has 0 atom stereocenters. The number of pyridine rings is 2. The van der Waals surface area contributed by atoms with E-state index in [0.717, 1.165) is 0 Å². The fourth-order valence-electron chi connectivity index (χ4n) is 2.45. The molecule has 0 radical (unpaired) electrons. The average molecular weight is 378 g/mol. The number of amides is 2. The molecule has 8 heteroatoms. The number of rotatable bonds is 6. The van der Waals surface area contributed by atoms with Crippen molar-refractivity contribution in [1.29, 1.82) is 0 Å². The third-order valence-corrected chi connectivity index (χ3v) is 3.82. The highest BCUT2D eigenvalue weighted by Gasteiger charge is 2.17. The molecule has 0 saturated heterocycles. The van der Waals surface area contributed by atoms with Crippen molar-refractivity contribution in [3.05, 3.63) is 72.3 Å². The van der Waals surface area contributed by atoms with Crippen molar-refractivity contribution in [2.24, 2.45) is 0 Å². The summed E-state index contributed by atoms with van der Waals surface area (Å²) >= 11 is 0. The number of aromatic nitrogens is 2. The zero-order valence-corrected chi connectivity index (χ0v) is 15.3. The minimum Gasteiger partial charge on any atom is -0.493 e. The van der Waals surface area contributed by atoms with Gasteiger partial charge >= 0.3 is 0 Å². The normalized spacial score (nSPS) is 10.1. The maximum Gasteiger partial charge on any atom is 0.274 e. The molecule has 0 aliphatic heterocycles. The number of carbonyl (C=O) groups is 2. The van der Waals surface area contributed by atoms with Crippen LogP contribution < -0.4 is 20.1 Å². The summed E-state index contributed by atoms with van der Waals surface area (Å²) in [6.07, 6.45) is 3.04. The lowest BCUT2D eigenvalue weighted by Gasteiger charge is -2.16. The Labute approximate surface area is 161 Å². The van der Waals surface area contributed by atoms with Crippen LogP contribution in [0.5, 0.6) is 11.5 Å². The van der Waals surface area contributed by atoms with Crippen LogP contribution >= 0.6 is 0 Å². The Morgan fingerprint density at radius 3 is 1.50 bits per heavy atom. The molecule has 0 saturated carbocycles. The predicted molar refractivity (Wildman–Crippen MR) is 104 cm³/mol. The number of hydrogen-bond donors (Lipinski definition) is 2. The summed E-state index contributed by atoms with van der Waals surface area (Å²) in [6.45, 7) is 0. The molecule has 2 amide bonds. The topological polar surface area (TPSA) is 102 Å². The molecule has 0 unspecified atom stereocenters. The first-order valence-corrected chi connectivity index (χ1v) is 8.33. The lowest BCUT2D eigenvalue weighted by atomic mass is 10.2. The van der Waals surface area contributed by atoms with Crippen LogP contribution in [0.3, 0.4) is 0 Å². The van der Waals surface area contributed by atoms with Crippen molar-refractivity contribution in [2.45, 2.75) is 0 Å². The summed E-state index contributed by atoms with van der Waals surface area (Å²) in [4.78, 5) is 33.1. The molecule has 1 aromatic carbocycles. The largest absolute Gasteiger partial charge is 0.493 e. The zero-order chi connectivity index (χ0) is 19.9. The van der Waals surface area contributed by atoms with Gasteiger partial charge in [-0.15, -0.1) is 0 Å². The molecule has 2 aromatic heterocycles. The average Bonchev–Trinajstić information content (AvgIpc) is 2.75. The maximum atomic E-state index is 12.5. The van der Waals surface area contributed by atoms with Crippen LogP contribution in [0.1, 0.15) is 21.0 Å². The zero-order valence-electron chi connectivity index (χ0n) is 15.3. The van der Waals surface area contributed by atoms with E-state index in [0.29, 0.717) is 22.9 Å².